The van der Waals surface area contributed by atoms with Crippen molar-refractivity contribution in [2.45, 2.75) is 24.6 Å². The first kappa shape index (κ1) is 17.6. The molecule has 0 aromatic heterocycles. The first-order valence-corrected chi connectivity index (χ1v) is 10.5. The zero-order valence-electron chi connectivity index (χ0n) is 15.1. The average molecular weight is 448 g/mol. The lowest BCUT2D eigenvalue weighted by Gasteiger charge is -2.50. The van der Waals surface area contributed by atoms with Crippen molar-refractivity contribution in [3.8, 4) is 5.75 Å². The molecule has 1 fully saturated rings. The van der Waals surface area contributed by atoms with E-state index in [1.54, 1.807) is 4.90 Å². The average Bonchev–Trinajstić information content (AvgIpc) is 3.12. The Bertz CT molecular complexity index is 906. The number of benzene rings is 2. The maximum absolute atomic E-state index is 6.63. The number of hydrogen-bond acceptors (Lipinski definition) is 3. The summed E-state index contributed by atoms with van der Waals surface area (Å²) >= 11 is 9.83. The van der Waals surface area contributed by atoms with Gasteiger partial charge in [0.15, 0.2) is 5.72 Å². The molecule has 3 heterocycles. The quantitative estimate of drug-likeness (QED) is 0.702. The van der Waals surface area contributed by atoms with Crippen molar-refractivity contribution >= 4 is 33.2 Å². The zero-order valence-corrected chi connectivity index (χ0v) is 17.5. The van der Waals surface area contributed by atoms with E-state index >= 15 is 0 Å². The van der Waals surface area contributed by atoms with E-state index in [4.69, 9.17) is 16.3 Å². The minimum atomic E-state index is -0.321. The number of nitrogens with zero attached hydrogens (tertiary/aromatic N) is 1. The van der Waals surface area contributed by atoms with Gasteiger partial charge in [0.25, 0.3) is 0 Å². The van der Waals surface area contributed by atoms with Gasteiger partial charge in [0, 0.05) is 15.1 Å². The smallest absolute Gasteiger partial charge is 0.191 e. The topological polar surface area (TPSA) is 28.9 Å². The van der Waals surface area contributed by atoms with Crippen molar-refractivity contribution in [2.24, 2.45) is 0 Å². The molecule has 2 aromatic rings. The van der Waals surface area contributed by atoms with Gasteiger partial charge in [0.05, 0.1) is 44.7 Å². The summed E-state index contributed by atoms with van der Waals surface area (Å²) in [6.45, 7) is 2.20. The maximum Gasteiger partial charge on any atom is 0.191 e. The van der Waals surface area contributed by atoms with E-state index in [0.29, 0.717) is 0 Å². The Morgan fingerprint density at radius 2 is 1.93 bits per heavy atom. The molecule has 140 valence electrons. The number of quaternary nitrogens is 1. The van der Waals surface area contributed by atoms with Gasteiger partial charge in [-0.3, -0.25) is 0 Å². The third-order valence-electron chi connectivity index (χ3n) is 5.91. The van der Waals surface area contributed by atoms with E-state index in [2.05, 4.69) is 63.8 Å². The van der Waals surface area contributed by atoms with Crippen molar-refractivity contribution in [1.82, 2.24) is 10.4 Å². The highest BCUT2D eigenvalue weighted by Gasteiger charge is 2.52. The van der Waals surface area contributed by atoms with Crippen molar-refractivity contribution < 1.29 is 9.64 Å². The number of fused-ring (bicyclic) bond motifs is 4. The van der Waals surface area contributed by atoms with Crippen LogP contribution in [0, 0.1) is 0 Å². The largest absolute Gasteiger partial charge is 0.470 e. The molecule has 2 aromatic carbocycles. The van der Waals surface area contributed by atoms with Gasteiger partial charge in [-0.05, 0) is 42.0 Å². The molecule has 3 aliphatic rings. The summed E-state index contributed by atoms with van der Waals surface area (Å²) in [5, 5.41) is 3.06. The number of likely N-dealkylation sites (tertiary alicyclic amines) is 1. The number of piperidine rings is 1. The van der Waals surface area contributed by atoms with E-state index in [1.807, 2.05) is 18.2 Å². The molecule has 0 saturated carbocycles. The molecule has 4 nitrogen and oxygen atoms in total. The summed E-state index contributed by atoms with van der Waals surface area (Å²) in [5.74, 6) is 0.954. The molecule has 6 heteroatoms. The van der Waals surface area contributed by atoms with E-state index in [0.717, 1.165) is 52.4 Å². The van der Waals surface area contributed by atoms with Gasteiger partial charge in [-0.25, -0.2) is 0 Å². The van der Waals surface area contributed by atoms with Crippen LogP contribution in [0.4, 0.5) is 0 Å². The first-order valence-electron chi connectivity index (χ1n) is 9.38. The third-order valence-corrected chi connectivity index (χ3v) is 6.68. The Morgan fingerprint density at radius 1 is 1.19 bits per heavy atom. The van der Waals surface area contributed by atoms with Crippen LogP contribution in [0.1, 0.15) is 30.0 Å². The number of nitrogens with one attached hydrogen (secondary N) is 2. The van der Waals surface area contributed by atoms with Gasteiger partial charge in [0.1, 0.15) is 5.75 Å². The summed E-state index contributed by atoms with van der Waals surface area (Å²) in [6.07, 6.45) is 4.28. The monoisotopic (exact) mass is 446 g/mol. The van der Waals surface area contributed by atoms with E-state index in [-0.39, 0.29) is 11.8 Å². The van der Waals surface area contributed by atoms with Crippen LogP contribution in [-0.2, 0) is 0 Å². The van der Waals surface area contributed by atoms with Crippen molar-refractivity contribution in [2.75, 3.05) is 20.1 Å². The summed E-state index contributed by atoms with van der Waals surface area (Å²) < 4.78 is 7.71. The normalized spacial score (nSPS) is 29.5. The zero-order chi connectivity index (χ0) is 18.6. The van der Waals surface area contributed by atoms with E-state index in [1.165, 1.54) is 5.56 Å². The van der Waals surface area contributed by atoms with Crippen LogP contribution in [0.15, 0.2) is 53.0 Å². The Morgan fingerprint density at radius 3 is 2.67 bits per heavy atom. The second kappa shape index (κ2) is 6.52. The van der Waals surface area contributed by atoms with Gasteiger partial charge >= 0.3 is 0 Å². The van der Waals surface area contributed by atoms with Crippen molar-refractivity contribution in [3.63, 3.8) is 0 Å². The molecule has 3 aliphatic heterocycles. The van der Waals surface area contributed by atoms with Crippen LogP contribution < -0.4 is 15.1 Å². The molecular formula is C21H22BrClN3O+. The predicted molar refractivity (Wildman–Crippen MR) is 111 cm³/mol. The Labute approximate surface area is 172 Å². The molecule has 0 amide bonds. The first-order chi connectivity index (χ1) is 13.0. The highest BCUT2D eigenvalue weighted by molar-refractivity contribution is 9.10. The molecule has 2 N–H and O–H groups in total. The van der Waals surface area contributed by atoms with Crippen molar-refractivity contribution in [3.05, 3.63) is 69.2 Å². The van der Waals surface area contributed by atoms with Crippen LogP contribution in [0.3, 0.4) is 0 Å². The minimum absolute atomic E-state index is 0.115. The van der Waals surface area contributed by atoms with Crippen LogP contribution in [0.5, 0.6) is 5.75 Å². The summed E-state index contributed by atoms with van der Waals surface area (Å²) in [7, 11) is 2.25. The summed E-state index contributed by atoms with van der Waals surface area (Å²) in [4.78, 5) is 1.56. The molecular weight excluding hydrogens is 426 g/mol. The minimum Gasteiger partial charge on any atom is -0.470 e. The molecule has 1 saturated heterocycles. The van der Waals surface area contributed by atoms with Crippen LogP contribution in [0.25, 0.3) is 5.70 Å². The molecule has 1 unspecified atom stereocenters. The second-order valence-electron chi connectivity index (χ2n) is 7.70. The molecule has 1 atom stereocenters. The maximum atomic E-state index is 6.63. The number of rotatable bonds is 1. The number of ether oxygens (including phenoxy) is 1. The molecule has 0 radical (unpaired) electrons. The van der Waals surface area contributed by atoms with Gasteiger partial charge in [-0.15, -0.1) is 0 Å². The molecule has 0 aliphatic carbocycles. The standard InChI is InChI=1S/C21H21BrClN3O/c1-25-10-8-21(9-11-25)26-19(17-12-16(23)6-7-20(17)27-21)13-18(24-26)14-2-4-15(22)5-3-14/h2-7,12-13,19,24H,8-11H2,1H3/p+1. The fraction of sp³-hybridized carbons (Fsp3) is 0.333. The molecule has 1 spiro atoms. The van der Waals surface area contributed by atoms with E-state index < -0.39 is 0 Å². The number of hydrogen-bond donors (Lipinski definition) is 2. The summed E-state index contributed by atoms with van der Waals surface area (Å²) in [6, 6.07) is 14.5. The lowest BCUT2D eigenvalue weighted by atomic mass is 9.93. The van der Waals surface area contributed by atoms with Gasteiger partial charge in [-0.2, -0.15) is 5.01 Å². The van der Waals surface area contributed by atoms with Crippen LogP contribution in [0.2, 0.25) is 5.02 Å². The predicted octanol–water partition coefficient (Wildman–Crippen LogP) is 3.40. The number of halogens is 2. The lowest BCUT2D eigenvalue weighted by Crippen LogP contribution is -3.11. The second-order valence-corrected chi connectivity index (χ2v) is 9.05. The highest BCUT2D eigenvalue weighted by Crippen LogP contribution is 2.48. The Kier molecular flexibility index (Phi) is 4.24. The van der Waals surface area contributed by atoms with Gasteiger partial charge in [0.2, 0.25) is 0 Å². The third kappa shape index (κ3) is 2.97. The summed E-state index contributed by atoms with van der Waals surface area (Å²) in [5.41, 5.74) is 6.76. The van der Waals surface area contributed by atoms with E-state index in [9.17, 15) is 0 Å². The van der Waals surface area contributed by atoms with Crippen LogP contribution >= 0.6 is 27.5 Å². The molecule has 5 rings (SSSR count). The SMILES string of the molecule is C[NH+]1CCC2(CC1)Oc1ccc(Cl)cc1C1C=C(c3ccc(Br)cc3)NN12. The van der Waals surface area contributed by atoms with Gasteiger partial charge < -0.3 is 15.1 Å². The number of hydrazine groups is 1. The fourth-order valence-corrected chi connectivity index (χ4v) is 4.80. The highest BCUT2D eigenvalue weighted by atomic mass is 79.9. The molecule has 27 heavy (non-hydrogen) atoms. The van der Waals surface area contributed by atoms with Gasteiger partial charge in [-0.1, -0.05) is 39.7 Å². The van der Waals surface area contributed by atoms with Crippen molar-refractivity contribution in [1.29, 1.82) is 0 Å². The Balaban J connectivity index is 1.58. The molecule has 0 bridgehead atoms. The Hall–Kier alpha value is -1.53. The lowest BCUT2D eigenvalue weighted by molar-refractivity contribution is -0.888. The van der Waals surface area contributed by atoms with Crippen LogP contribution in [-0.4, -0.2) is 30.9 Å². The fourth-order valence-electron chi connectivity index (χ4n) is 4.35.